The van der Waals surface area contributed by atoms with E-state index in [1.165, 1.54) is 95.7 Å². The highest BCUT2D eigenvalue weighted by Crippen LogP contribution is 2.44. The quantitative estimate of drug-likeness (QED) is 0.366. The standard InChI is InChI=1S/C30H47NO2/c1-2-33-29(32)21-27-19-12-20-28(30(27)26-17-10-5-11-18-26)31(22-24-13-6-3-7-14-24)23-25-15-8-4-9-16-25/h5,10-11,17-18,24-25,27-28,30H,2-4,6-9,12-16,19-23H2,1H3. The van der Waals surface area contributed by atoms with Crippen molar-refractivity contribution in [2.24, 2.45) is 17.8 Å². The molecule has 3 heteroatoms. The molecule has 0 aliphatic heterocycles. The summed E-state index contributed by atoms with van der Waals surface area (Å²) in [6.07, 6.45) is 18.4. The smallest absolute Gasteiger partial charge is 0.306 e. The number of ether oxygens (including phenoxy) is 1. The van der Waals surface area contributed by atoms with E-state index in [9.17, 15) is 4.79 Å². The lowest BCUT2D eigenvalue weighted by atomic mass is 9.70. The summed E-state index contributed by atoms with van der Waals surface area (Å²) in [6.45, 7) is 4.96. The fourth-order valence-corrected chi connectivity index (χ4v) is 7.25. The van der Waals surface area contributed by atoms with Gasteiger partial charge in [-0.15, -0.1) is 0 Å². The number of rotatable bonds is 9. The normalized spacial score (nSPS) is 27.5. The molecule has 1 aromatic carbocycles. The molecule has 4 rings (SSSR count). The van der Waals surface area contributed by atoms with Gasteiger partial charge in [-0.05, 0) is 68.8 Å². The molecule has 3 unspecified atom stereocenters. The molecular weight excluding hydrogens is 406 g/mol. The molecule has 3 fully saturated rings. The van der Waals surface area contributed by atoms with Crippen molar-refractivity contribution in [1.29, 1.82) is 0 Å². The fraction of sp³-hybridized carbons (Fsp3) is 0.767. The van der Waals surface area contributed by atoms with Crippen LogP contribution in [0, 0.1) is 17.8 Å². The molecular formula is C30H47NO2. The third-order valence-electron chi connectivity index (χ3n) is 8.82. The van der Waals surface area contributed by atoms with Crippen LogP contribution in [0.15, 0.2) is 30.3 Å². The molecule has 184 valence electrons. The minimum Gasteiger partial charge on any atom is -0.466 e. The monoisotopic (exact) mass is 453 g/mol. The Morgan fingerprint density at radius 3 is 2.00 bits per heavy atom. The number of nitrogens with zero attached hydrogens (tertiary/aromatic N) is 1. The summed E-state index contributed by atoms with van der Waals surface area (Å²) in [6, 6.07) is 11.7. The van der Waals surface area contributed by atoms with Gasteiger partial charge in [-0.1, -0.05) is 75.3 Å². The Morgan fingerprint density at radius 2 is 1.42 bits per heavy atom. The van der Waals surface area contributed by atoms with E-state index in [1.54, 1.807) is 0 Å². The first-order chi connectivity index (χ1) is 16.2. The Bertz CT molecular complexity index is 673. The first kappa shape index (κ1) is 24.8. The highest BCUT2D eigenvalue weighted by molar-refractivity contribution is 5.69. The Balaban J connectivity index is 1.58. The molecule has 3 nitrogen and oxygen atoms in total. The van der Waals surface area contributed by atoms with E-state index in [0.29, 0.717) is 30.9 Å². The Morgan fingerprint density at radius 1 is 0.818 bits per heavy atom. The first-order valence-corrected chi connectivity index (χ1v) is 14.2. The molecule has 3 atom stereocenters. The van der Waals surface area contributed by atoms with E-state index in [0.717, 1.165) is 18.3 Å². The van der Waals surface area contributed by atoms with Gasteiger partial charge < -0.3 is 4.74 Å². The highest BCUT2D eigenvalue weighted by atomic mass is 16.5. The van der Waals surface area contributed by atoms with Crippen molar-refractivity contribution in [1.82, 2.24) is 4.90 Å². The van der Waals surface area contributed by atoms with Gasteiger partial charge in [0.15, 0.2) is 0 Å². The van der Waals surface area contributed by atoms with Crippen LogP contribution in [-0.4, -0.2) is 36.6 Å². The highest BCUT2D eigenvalue weighted by Gasteiger charge is 2.40. The van der Waals surface area contributed by atoms with Crippen LogP contribution in [0.5, 0.6) is 0 Å². The molecule has 0 spiro atoms. The third kappa shape index (κ3) is 7.07. The van der Waals surface area contributed by atoms with Crippen molar-refractivity contribution in [2.45, 2.75) is 109 Å². The van der Waals surface area contributed by atoms with Crippen molar-refractivity contribution in [3.8, 4) is 0 Å². The minimum atomic E-state index is -0.00445. The first-order valence-electron chi connectivity index (χ1n) is 14.2. The maximum atomic E-state index is 12.6. The van der Waals surface area contributed by atoms with E-state index in [2.05, 4.69) is 35.2 Å². The van der Waals surface area contributed by atoms with Crippen molar-refractivity contribution in [2.75, 3.05) is 19.7 Å². The average Bonchev–Trinajstić information content (AvgIpc) is 2.85. The summed E-state index contributed by atoms with van der Waals surface area (Å²) in [7, 11) is 0. The molecule has 0 radical (unpaired) electrons. The zero-order chi connectivity index (χ0) is 22.9. The van der Waals surface area contributed by atoms with Crippen molar-refractivity contribution < 1.29 is 9.53 Å². The van der Waals surface area contributed by atoms with Gasteiger partial charge in [-0.25, -0.2) is 0 Å². The number of carbonyl (C=O) groups excluding carboxylic acids is 1. The molecule has 1 aromatic rings. The molecule has 0 saturated heterocycles. The van der Waals surface area contributed by atoms with Gasteiger partial charge in [-0.3, -0.25) is 9.69 Å². The predicted octanol–water partition coefficient (Wildman–Crippen LogP) is 7.35. The van der Waals surface area contributed by atoms with E-state index >= 15 is 0 Å². The largest absolute Gasteiger partial charge is 0.466 e. The van der Waals surface area contributed by atoms with Gasteiger partial charge in [0.2, 0.25) is 0 Å². The maximum absolute atomic E-state index is 12.6. The summed E-state index contributed by atoms with van der Waals surface area (Å²) in [5.41, 5.74) is 1.44. The van der Waals surface area contributed by atoms with E-state index in [4.69, 9.17) is 4.74 Å². The second-order valence-electron chi connectivity index (χ2n) is 11.2. The van der Waals surface area contributed by atoms with Crippen LogP contribution in [0.4, 0.5) is 0 Å². The third-order valence-corrected chi connectivity index (χ3v) is 8.82. The van der Waals surface area contributed by atoms with E-state index in [-0.39, 0.29) is 5.97 Å². The zero-order valence-electron chi connectivity index (χ0n) is 21.1. The lowest BCUT2D eigenvalue weighted by Crippen LogP contribution is -2.49. The molecule has 0 N–H and O–H groups in total. The van der Waals surface area contributed by atoms with Crippen LogP contribution in [0.2, 0.25) is 0 Å². The number of hydrogen-bond donors (Lipinski definition) is 0. The van der Waals surface area contributed by atoms with Crippen LogP contribution in [0.3, 0.4) is 0 Å². The van der Waals surface area contributed by atoms with Gasteiger partial charge in [0.05, 0.1) is 6.61 Å². The topological polar surface area (TPSA) is 29.5 Å². The average molecular weight is 454 g/mol. The van der Waals surface area contributed by atoms with Gasteiger partial charge in [0.25, 0.3) is 0 Å². The van der Waals surface area contributed by atoms with E-state index < -0.39 is 0 Å². The second-order valence-corrected chi connectivity index (χ2v) is 11.2. The summed E-state index contributed by atoms with van der Waals surface area (Å²) in [5, 5.41) is 0. The molecule has 3 saturated carbocycles. The molecule has 3 aliphatic rings. The van der Waals surface area contributed by atoms with Gasteiger partial charge in [0, 0.05) is 31.5 Å². The number of carbonyl (C=O) groups is 1. The molecule has 0 aromatic heterocycles. The van der Waals surface area contributed by atoms with Crippen molar-refractivity contribution in [3.05, 3.63) is 35.9 Å². The number of esters is 1. The van der Waals surface area contributed by atoms with Crippen LogP contribution < -0.4 is 0 Å². The van der Waals surface area contributed by atoms with Crippen LogP contribution >= 0.6 is 0 Å². The zero-order valence-corrected chi connectivity index (χ0v) is 21.1. The summed E-state index contributed by atoms with van der Waals surface area (Å²) in [4.78, 5) is 15.5. The summed E-state index contributed by atoms with van der Waals surface area (Å²) < 4.78 is 5.42. The fourth-order valence-electron chi connectivity index (χ4n) is 7.25. The Hall–Kier alpha value is -1.35. The molecule has 0 amide bonds. The summed E-state index contributed by atoms with van der Waals surface area (Å²) in [5.74, 6) is 2.56. The SMILES string of the molecule is CCOC(=O)CC1CCCC(N(CC2CCCCC2)CC2CCCCC2)C1c1ccccc1. The predicted molar refractivity (Wildman–Crippen MR) is 136 cm³/mol. The summed E-state index contributed by atoms with van der Waals surface area (Å²) >= 11 is 0. The van der Waals surface area contributed by atoms with Crippen molar-refractivity contribution >= 4 is 5.97 Å². The Kier molecular flexibility index (Phi) is 9.70. The number of hydrogen-bond acceptors (Lipinski definition) is 3. The number of benzene rings is 1. The molecule has 0 heterocycles. The van der Waals surface area contributed by atoms with Crippen LogP contribution in [-0.2, 0) is 9.53 Å². The second kappa shape index (κ2) is 12.9. The minimum absolute atomic E-state index is 0.00445. The lowest BCUT2D eigenvalue weighted by molar-refractivity contribution is -0.145. The molecule has 0 bridgehead atoms. The molecule has 3 aliphatic carbocycles. The lowest BCUT2D eigenvalue weighted by Gasteiger charge is -2.47. The van der Waals surface area contributed by atoms with E-state index in [1.807, 2.05) is 6.92 Å². The van der Waals surface area contributed by atoms with Crippen LogP contribution in [0.25, 0.3) is 0 Å². The van der Waals surface area contributed by atoms with Crippen LogP contribution in [0.1, 0.15) is 108 Å². The molecule has 33 heavy (non-hydrogen) atoms. The maximum Gasteiger partial charge on any atom is 0.306 e. The van der Waals surface area contributed by atoms with Gasteiger partial charge >= 0.3 is 5.97 Å². The van der Waals surface area contributed by atoms with Crippen molar-refractivity contribution in [3.63, 3.8) is 0 Å². The van der Waals surface area contributed by atoms with Gasteiger partial charge in [0.1, 0.15) is 0 Å². The Labute approximate surface area is 202 Å². The van der Waals surface area contributed by atoms with Gasteiger partial charge in [-0.2, -0.15) is 0 Å².